The van der Waals surface area contributed by atoms with Crippen molar-refractivity contribution in [2.45, 2.75) is 17.9 Å². The Morgan fingerprint density at radius 2 is 1.83 bits per heavy atom. The molecule has 0 aliphatic heterocycles. The molecule has 100 valence electrons. The van der Waals surface area contributed by atoms with Crippen molar-refractivity contribution in [1.82, 2.24) is 10.0 Å². The van der Waals surface area contributed by atoms with Crippen molar-refractivity contribution in [3.8, 4) is 5.75 Å². The van der Waals surface area contributed by atoms with Crippen LogP contribution in [0.3, 0.4) is 0 Å². The van der Waals surface area contributed by atoms with Crippen LogP contribution in [0.15, 0.2) is 29.2 Å². The van der Waals surface area contributed by atoms with Crippen molar-refractivity contribution >= 4 is 15.9 Å². The van der Waals surface area contributed by atoms with Gasteiger partial charge in [-0.1, -0.05) is 0 Å². The molecule has 7 heteroatoms. The first-order chi connectivity index (χ1) is 8.40. The van der Waals surface area contributed by atoms with Crippen LogP contribution in [0.4, 0.5) is 0 Å². The van der Waals surface area contributed by atoms with E-state index in [0.717, 1.165) is 0 Å². The Morgan fingerprint density at radius 1 is 1.28 bits per heavy atom. The molecule has 0 fully saturated rings. The third-order valence-corrected chi connectivity index (χ3v) is 3.90. The third-order valence-electron chi connectivity index (χ3n) is 2.34. The predicted octanol–water partition coefficient (Wildman–Crippen LogP) is 0.108. The van der Waals surface area contributed by atoms with Gasteiger partial charge in [-0.3, -0.25) is 4.79 Å². The van der Waals surface area contributed by atoms with Gasteiger partial charge in [0, 0.05) is 7.05 Å². The van der Waals surface area contributed by atoms with E-state index in [2.05, 4.69) is 10.0 Å². The average Bonchev–Trinajstić information content (AvgIpc) is 2.37. The van der Waals surface area contributed by atoms with E-state index in [1.807, 2.05) is 0 Å². The Kier molecular flexibility index (Phi) is 4.69. The summed E-state index contributed by atoms with van der Waals surface area (Å²) in [6.45, 7) is 1.47. The van der Waals surface area contributed by atoms with Crippen molar-refractivity contribution in [3.63, 3.8) is 0 Å². The number of nitrogens with one attached hydrogen (secondary N) is 2. The number of likely N-dealkylation sites (N-methyl/N-ethyl adjacent to an activating group) is 1. The van der Waals surface area contributed by atoms with Gasteiger partial charge >= 0.3 is 0 Å². The van der Waals surface area contributed by atoms with E-state index in [9.17, 15) is 13.2 Å². The van der Waals surface area contributed by atoms with Crippen LogP contribution < -0.4 is 14.8 Å². The molecule has 1 unspecified atom stereocenters. The molecule has 1 amide bonds. The third kappa shape index (κ3) is 3.44. The monoisotopic (exact) mass is 272 g/mol. The van der Waals surface area contributed by atoms with Crippen LogP contribution in [-0.4, -0.2) is 34.5 Å². The average molecular weight is 272 g/mol. The smallest absolute Gasteiger partial charge is 0.241 e. The van der Waals surface area contributed by atoms with E-state index in [1.54, 1.807) is 12.1 Å². The van der Waals surface area contributed by atoms with Gasteiger partial charge in [-0.2, -0.15) is 4.72 Å². The van der Waals surface area contributed by atoms with Crippen molar-refractivity contribution in [2.24, 2.45) is 0 Å². The molecule has 0 heterocycles. The van der Waals surface area contributed by atoms with Crippen LogP contribution in [0, 0.1) is 0 Å². The zero-order chi connectivity index (χ0) is 13.8. The standard InChI is InChI=1S/C11H16N2O4S/c1-8(11(14)12-2)13-18(15,16)10-6-4-9(17-3)5-7-10/h4-8,13H,1-3H3,(H,12,14). The number of amides is 1. The van der Waals surface area contributed by atoms with E-state index < -0.39 is 22.0 Å². The first kappa shape index (κ1) is 14.5. The Morgan fingerprint density at radius 3 is 2.28 bits per heavy atom. The maximum Gasteiger partial charge on any atom is 0.241 e. The van der Waals surface area contributed by atoms with Gasteiger partial charge in [-0.25, -0.2) is 8.42 Å². The molecular formula is C11H16N2O4S. The summed E-state index contributed by atoms with van der Waals surface area (Å²) >= 11 is 0. The second kappa shape index (κ2) is 5.83. The first-order valence-electron chi connectivity index (χ1n) is 5.28. The van der Waals surface area contributed by atoms with Crippen molar-refractivity contribution in [1.29, 1.82) is 0 Å². The molecule has 18 heavy (non-hydrogen) atoms. The summed E-state index contributed by atoms with van der Waals surface area (Å²) in [5, 5.41) is 2.37. The normalized spacial score (nSPS) is 12.8. The highest BCUT2D eigenvalue weighted by Crippen LogP contribution is 2.15. The molecule has 1 aromatic carbocycles. The lowest BCUT2D eigenvalue weighted by Gasteiger charge is -2.12. The van der Waals surface area contributed by atoms with Gasteiger partial charge in [0.25, 0.3) is 0 Å². The van der Waals surface area contributed by atoms with Gasteiger partial charge in [0.1, 0.15) is 5.75 Å². The van der Waals surface area contributed by atoms with Crippen LogP contribution in [-0.2, 0) is 14.8 Å². The van der Waals surface area contributed by atoms with E-state index in [0.29, 0.717) is 5.75 Å². The molecule has 0 aliphatic rings. The molecule has 0 saturated heterocycles. The molecular weight excluding hydrogens is 256 g/mol. The number of carbonyl (C=O) groups is 1. The minimum atomic E-state index is -3.71. The lowest BCUT2D eigenvalue weighted by Crippen LogP contribution is -2.43. The van der Waals surface area contributed by atoms with Crippen LogP contribution in [0.1, 0.15) is 6.92 Å². The number of benzene rings is 1. The zero-order valence-electron chi connectivity index (χ0n) is 10.4. The van der Waals surface area contributed by atoms with E-state index in [1.165, 1.54) is 33.2 Å². The molecule has 0 aliphatic carbocycles. The van der Waals surface area contributed by atoms with E-state index >= 15 is 0 Å². The molecule has 0 bridgehead atoms. The van der Waals surface area contributed by atoms with Crippen molar-refractivity contribution < 1.29 is 17.9 Å². The Labute approximate surface area is 106 Å². The summed E-state index contributed by atoms with van der Waals surface area (Å²) in [5.41, 5.74) is 0. The lowest BCUT2D eigenvalue weighted by atomic mass is 10.3. The number of methoxy groups -OCH3 is 1. The zero-order valence-corrected chi connectivity index (χ0v) is 11.2. The number of ether oxygens (including phenoxy) is 1. The minimum Gasteiger partial charge on any atom is -0.497 e. The Bertz CT molecular complexity index is 510. The number of hydrogen-bond donors (Lipinski definition) is 2. The van der Waals surface area contributed by atoms with Crippen LogP contribution in [0.25, 0.3) is 0 Å². The molecule has 0 radical (unpaired) electrons. The topological polar surface area (TPSA) is 84.5 Å². The number of carbonyl (C=O) groups excluding carboxylic acids is 1. The number of sulfonamides is 1. The van der Waals surface area contributed by atoms with Crippen LogP contribution >= 0.6 is 0 Å². The fourth-order valence-corrected chi connectivity index (χ4v) is 2.53. The number of rotatable bonds is 5. The largest absolute Gasteiger partial charge is 0.497 e. The van der Waals surface area contributed by atoms with Gasteiger partial charge < -0.3 is 10.1 Å². The lowest BCUT2D eigenvalue weighted by molar-refractivity contribution is -0.121. The van der Waals surface area contributed by atoms with Crippen molar-refractivity contribution in [2.75, 3.05) is 14.2 Å². The maximum absolute atomic E-state index is 11.9. The summed E-state index contributed by atoms with van der Waals surface area (Å²) in [6.07, 6.45) is 0. The molecule has 0 spiro atoms. The van der Waals surface area contributed by atoms with Gasteiger partial charge in [0.05, 0.1) is 18.0 Å². The maximum atomic E-state index is 11.9. The molecule has 2 N–H and O–H groups in total. The summed E-state index contributed by atoms with van der Waals surface area (Å²) in [4.78, 5) is 11.3. The predicted molar refractivity (Wildman–Crippen MR) is 66.8 cm³/mol. The van der Waals surface area contributed by atoms with Gasteiger partial charge in [0.15, 0.2) is 0 Å². The molecule has 1 rings (SSSR count). The molecule has 1 atom stereocenters. The van der Waals surface area contributed by atoms with Gasteiger partial charge in [-0.05, 0) is 31.2 Å². The summed E-state index contributed by atoms with van der Waals surface area (Å²) in [5.74, 6) is 0.167. The Hall–Kier alpha value is -1.60. The first-order valence-corrected chi connectivity index (χ1v) is 6.77. The van der Waals surface area contributed by atoms with Crippen LogP contribution in [0.5, 0.6) is 5.75 Å². The van der Waals surface area contributed by atoms with Gasteiger partial charge in [-0.15, -0.1) is 0 Å². The molecule has 0 saturated carbocycles. The van der Waals surface area contributed by atoms with Gasteiger partial charge in [0.2, 0.25) is 15.9 Å². The Balaban J connectivity index is 2.89. The van der Waals surface area contributed by atoms with Crippen LogP contribution in [0.2, 0.25) is 0 Å². The minimum absolute atomic E-state index is 0.0825. The molecule has 1 aromatic rings. The fourth-order valence-electron chi connectivity index (χ4n) is 1.33. The van der Waals surface area contributed by atoms with E-state index in [4.69, 9.17) is 4.74 Å². The number of hydrogen-bond acceptors (Lipinski definition) is 4. The summed E-state index contributed by atoms with van der Waals surface area (Å²) < 4.78 is 31.1. The highest BCUT2D eigenvalue weighted by molar-refractivity contribution is 7.89. The molecule has 6 nitrogen and oxygen atoms in total. The molecule has 0 aromatic heterocycles. The highest BCUT2D eigenvalue weighted by atomic mass is 32.2. The summed E-state index contributed by atoms with van der Waals surface area (Å²) in [7, 11) is -0.766. The highest BCUT2D eigenvalue weighted by Gasteiger charge is 2.21. The second-order valence-electron chi connectivity index (χ2n) is 3.63. The van der Waals surface area contributed by atoms with E-state index in [-0.39, 0.29) is 4.90 Å². The summed E-state index contributed by atoms with van der Waals surface area (Å²) in [6, 6.07) is 5.08. The second-order valence-corrected chi connectivity index (χ2v) is 5.35. The SMILES string of the molecule is CNC(=O)C(C)NS(=O)(=O)c1ccc(OC)cc1. The quantitative estimate of drug-likeness (QED) is 0.796. The van der Waals surface area contributed by atoms with Crippen molar-refractivity contribution in [3.05, 3.63) is 24.3 Å². The fraction of sp³-hybridized carbons (Fsp3) is 0.364.